The van der Waals surface area contributed by atoms with Gasteiger partial charge in [-0.1, -0.05) is 13.3 Å². The van der Waals surface area contributed by atoms with Crippen molar-refractivity contribution in [2.75, 3.05) is 33.2 Å². The van der Waals surface area contributed by atoms with Gasteiger partial charge in [-0.3, -0.25) is 4.99 Å². The molecule has 2 N–H and O–H groups in total. The second-order valence-corrected chi connectivity index (χ2v) is 6.01. The Balaban J connectivity index is 1.69. The van der Waals surface area contributed by atoms with E-state index < -0.39 is 0 Å². The van der Waals surface area contributed by atoms with Crippen LogP contribution < -0.4 is 5.73 Å². The van der Waals surface area contributed by atoms with Gasteiger partial charge in [-0.05, 0) is 44.7 Å². The summed E-state index contributed by atoms with van der Waals surface area (Å²) in [6.45, 7) is 6.85. The number of likely N-dealkylation sites (tertiary alicyclic amines) is 1. The van der Waals surface area contributed by atoms with Gasteiger partial charge in [0, 0.05) is 26.2 Å². The van der Waals surface area contributed by atoms with Gasteiger partial charge in [0.05, 0.1) is 0 Å². The molecule has 2 fully saturated rings. The molecule has 104 valence electrons. The largest absolute Gasteiger partial charge is 0.370 e. The van der Waals surface area contributed by atoms with E-state index in [4.69, 9.17) is 5.73 Å². The zero-order valence-corrected chi connectivity index (χ0v) is 11.9. The summed E-state index contributed by atoms with van der Waals surface area (Å²) in [6.07, 6.45) is 6.68. The molecule has 0 spiro atoms. The van der Waals surface area contributed by atoms with Crippen LogP contribution in [0.25, 0.3) is 0 Å². The molecule has 0 aromatic heterocycles. The fraction of sp³-hybridized carbons (Fsp3) is 0.929. The number of nitrogens with two attached hydrogens (primary N) is 1. The van der Waals surface area contributed by atoms with Crippen LogP contribution >= 0.6 is 0 Å². The zero-order chi connectivity index (χ0) is 13.0. The molecule has 4 heteroatoms. The molecule has 1 saturated carbocycles. The summed E-state index contributed by atoms with van der Waals surface area (Å²) in [5, 5.41) is 0. The summed E-state index contributed by atoms with van der Waals surface area (Å²) >= 11 is 0. The summed E-state index contributed by atoms with van der Waals surface area (Å²) in [6, 6.07) is 0.658. The van der Waals surface area contributed by atoms with Crippen molar-refractivity contribution in [3.63, 3.8) is 0 Å². The van der Waals surface area contributed by atoms with E-state index in [9.17, 15) is 0 Å². The SMILES string of the molecule is CC(CN=C(N)N(C)C1CC1)CN1CCCCC1. The molecule has 0 aromatic carbocycles. The summed E-state index contributed by atoms with van der Waals surface area (Å²) < 4.78 is 0. The van der Waals surface area contributed by atoms with Gasteiger partial charge in [0.1, 0.15) is 0 Å². The second kappa shape index (κ2) is 6.41. The molecular formula is C14H28N4. The van der Waals surface area contributed by atoms with Crippen LogP contribution in [0.5, 0.6) is 0 Å². The standard InChI is InChI=1S/C14H28N4/c1-12(11-18-8-4-3-5-9-18)10-16-14(15)17(2)13-6-7-13/h12-13H,3-11H2,1-2H3,(H2,15,16). The first-order valence-corrected chi connectivity index (χ1v) is 7.42. The third kappa shape index (κ3) is 4.16. The summed E-state index contributed by atoms with van der Waals surface area (Å²) in [5.74, 6) is 1.33. The minimum Gasteiger partial charge on any atom is -0.370 e. The van der Waals surface area contributed by atoms with E-state index in [1.54, 1.807) is 0 Å². The monoisotopic (exact) mass is 252 g/mol. The van der Waals surface area contributed by atoms with Gasteiger partial charge >= 0.3 is 0 Å². The minimum absolute atomic E-state index is 0.606. The molecule has 1 heterocycles. The fourth-order valence-electron chi connectivity index (χ4n) is 2.65. The minimum atomic E-state index is 0.606. The van der Waals surface area contributed by atoms with Crippen LogP contribution in [0.1, 0.15) is 39.0 Å². The molecular weight excluding hydrogens is 224 g/mol. The molecule has 0 amide bonds. The van der Waals surface area contributed by atoms with Crippen molar-refractivity contribution >= 4 is 5.96 Å². The fourth-order valence-corrected chi connectivity index (χ4v) is 2.65. The van der Waals surface area contributed by atoms with Crippen molar-refractivity contribution in [3.05, 3.63) is 0 Å². The Morgan fingerprint density at radius 2 is 2.00 bits per heavy atom. The number of rotatable bonds is 5. The van der Waals surface area contributed by atoms with Crippen molar-refractivity contribution in [2.24, 2.45) is 16.6 Å². The van der Waals surface area contributed by atoms with Gasteiger partial charge in [-0.25, -0.2) is 0 Å². The maximum atomic E-state index is 6.00. The quantitative estimate of drug-likeness (QED) is 0.596. The van der Waals surface area contributed by atoms with Gasteiger partial charge < -0.3 is 15.5 Å². The molecule has 1 aliphatic carbocycles. The highest BCUT2D eigenvalue weighted by Crippen LogP contribution is 2.24. The average molecular weight is 252 g/mol. The highest BCUT2D eigenvalue weighted by atomic mass is 15.3. The smallest absolute Gasteiger partial charge is 0.191 e. The van der Waals surface area contributed by atoms with E-state index in [0.717, 1.165) is 12.5 Å². The van der Waals surface area contributed by atoms with E-state index >= 15 is 0 Å². The summed E-state index contributed by atoms with van der Waals surface area (Å²) in [4.78, 5) is 9.25. The van der Waals surface area contributed by atoms with Crippen LogP contribution in [0.15, 0.2) is 4.99 Å². The lowest BCUT2D eigenvalue weighted by atomic mass is 10.1. The topological polar surface area (TPSA) is 44.9 Å². The normalized spacial score (nSPS) is 24.0. The summed E-state index contributed by atoms with van der Waals surface area (Å²) in [5.41, 5.74) is 6.00. The van der Waals surface area contributed by atoms with Crippen LogP contribution in [0.4, 0.5) is 0 Å². The Morgan fingerprint density at radius 1 is 1.33 bits per heavy atom. The number of hydrogen-bond acceptors (Lipinski definition) is 2. The van der Waals surface area contributed by atoms with Crippen LogP contribution in [0.2, 0.25) is 0 Å². The lowest BCUT2D eigenvalue weighted by Crippen LogP contribution is -2.37. The predicted molar refractivity (Wildman–Crippen MR) is 76.7 cm³/mol. The van der Waals surface area contributed by atoms with E-state index in [1.165, 1.54) is 51.7 Å². The Bertz CT molecular complexity index is 280. The maximum Gasteiger partial charge on any atom is 0.191 e. The van der Waals surface area contributed by atoms with Gasteiger partial charge in [0.25, 0.3) is 0 Å². The number of hydrogen-bond donors (Lipinski definition) is 1. The first kappa shape index (κ1) is 13.7. The Kier molecular flexibility index (Phi) is 4.87. The molecule has 18 heavy (non-hydrogen) atoms. The van der Waals surface area contributed by atoms with Crippen LogP contribution in [0, 0.1) is 5.92 Å². The lowest BCUT2D eigenvalue weighted by Gasteiger charge is -2.28. The molecule has 4 nitrogen and oxygen atoms in total. The van der Waals surface area contributed by atoms with Crippen LogP contribution in [-0.2, 0) is 0 Å². The first-order valence-electron chi connectivity index (χ1n) is 7.42. The van der Waals surface area contributed by atoms with E-state index in [-0.39, 0.29) is 0 Å². The van der Waals surface area contributed by atoms with Gasteiger partial charge in [-0.15, -0.1) is 0 Å². The molecule has 1 atom stereocenters. The van der Waals surface area contributed by atoms with Crippen molar-refractivity contribution in [1.82, 2.24) is 9.80 Å². The Labute approximate surface area is 111 Å². The Hall–Kier alpha value is -0.770. The van der Waals surface area contributed by atoms with E-state index in [1.807, 2.05) is 0 Å². The third-order valence-corrected chi connectivity index (χ3v) is 4.04. The zero-order valence-electron chi connectivity index (χ0n) is 11.9. The van der Waals surface area contributed by atoms with Gasteiger partial charge in [-0.2, -0.15) is 0 Å². The molecule has 1 saturated heterocycles. The van der Waals surface area contributed by atoms with Crippen molar-refractivity contribution in [2.45, 2.75) is 45.1 Å². The molecule has 0 radical (unpaired) electrons. The predicted octanol–water partition coefficient (Wildman–Crippen LogP) is 1.52. The van der Waals surface area contributed by atoms with Gasteiger partial charge in [0.2, 0.25) is 0 Å². The number of piperidine rings is 1. The molecule has 0 aromatic rings. The first-order chi connectivity index (χ1) is 8.66. The highest BCUT2D eigenvalue weighted by molar-refractivity contribution is 5.78. The average Bonchev–Trinajstić information content (AvgIpc) is 3.20. The van der Waals surface area contributed by atoms with E-state index in [2.05, 4.69) is 28.8 Å². The van der Waals surface area contributed by atoms with Crippen molar-refractivity contribution in [1.29, 1.82) is 0 Å². The van der Waals surface area contributed by atoms with Crippen molar-refractivity contribution in [3.8, 4) is 0 Å². The molecule has 2 rings (SSSR count). The van der Waals surface area contributed by atoms with Crippen molar-refractivity contribution < 1.29 is 0 Å². The van der Waals surface area contributed by atoms with Gasteiger partial charge in [0.15, 0.2) is 5.96 Å². The maximum absolute atomic E-state index is 6.00. The van der Waals surface area contributed by atoms with Crippen LogP contribution in [-0.4, -0.2) is 55.0 Å². The number of aliphatic imine (C=N–C) groups is 1. The summed E-state index contributed by atoms with van der Waals surface area (Å²) in [7, 11) is 2.06. The lowest BCUT2D eigenvalue weighted by molar-refractivity contribution is 0.203. The number of nitrogens with zero attached hydrogens (tertiary/aromatic N) is 3. The molecule has 2 aliphatic rings. The molecule has 1 unspecified atom stereocenters. The van der Waals surface area contributed by atoms with Crippen LogP contribution in [0.3, 0.4) is 0 Å². The van der Waals surface area contributed by atoms with E-state index in [0.29, 0.717) is 12.0 Å². The number of guanidine groups is 1. The third-order valence-electron chi connectivity index (χ3n) is 4.04. The Morgan fingerprint density at radius 3 is 2.61 bits per heavy atom. The molecule has 0 bridgehead atoms. The molecule has 1 aliphatic heterocycles. The second-order valence-electron chi connectivity index (χ2n) is 6.01. The highest BCUT2D eigenvalue weighted by Gasteiger charge is 2.27.